The molecule has 0 radical (unpaired) electrons. The van der Waals surface area contributed by atoms with Crippen molar-refractivity contribution in [3.63, 3.8) is 0 Å². The molecular formula is C125H82B4N8O8Zn. The first-order valence-corrected chi connectivity index (χ1v) is 47.9. The molecule has 684 valence electrons. The van der Waals surface area contributed by atoms with Crippen LogP contribution in [0.3, 0.4) is 0 Å². The van der Waals surface area contributed by atoms with Crippen LogP contribution in [0.5, 0.6) is 46.0 Å². The molecule has 16 nitrogen and oxygen atoms in total. The first-order chi connectivity index (χ1) is 70.4. The zero-order valence-electron chi connectivity index (χ0n) is 81.4. The summed E-state index contributed by atoms with van der Waals surface area (Å²) in [6.07, 6.45) is 0. The van der Waals surface area contributed by atoms with Gasteiger partial charge < -0.3 is 67.1 Å². The molecule has 21 heteroatoms. The van der Waals surface area contributed by atoms with E-state index in [9.17, 15) is 0 Å². The molecule has 15 aromatic carbocycles. The van der Waals surface area contributed by atoms with Gasteiger partial charge in [0, 0.05) is 145 Å². The molecule has 0 atom stereocenters. The Balaban J connectivity index is 0.0000118. The number of benzene rings is 15. The zero-order valence-corrected chi connectivity index (χ0v) is 84.3. The SMILES string of the molecule is Cc1ccc(C#Cc2ccc(B3Oc4cc5c6nc7nc(nc8[n-]c(nc9nc(nc([n-]6)c5cc4O3)-c3cc4c(cc3-9)OB(c3ccc(C#Cc5ccc(C#Cc6ccc(C(C)(C)C)cc6)cc5)cc3)O4)c3cc4c(cc83)OB(c3ccc(C#Cc5ccc(C#Cc6ccc(C(C)(C)C)cc6)cc5)cc3)O4)-c3cc4c(cc3-7)OB(c3ccc(C#Cc5ccc(C#Cc6ccc(C(C)(C)C)cc6)cc5)cc3)O4)cc2)cc1.[Zn+2]. The third kappa shape index (κ3) is 19.1. The number of aryl methyl sites for hydroxylation is 1. The molecule has 0 aliphatic carbocycles. The average Bonchev–Trinajstić information content (AvgIpc) is 1.58. The van der Waals surface area contributed by atoms with E-state index in [1.165, 1.54) is 22.3 Å². The van der Waals surface area contributed by atoms with Crippen molar-refractivity contribution in [2.24, 2.45) is 0 Å². The van der Waals surface area contributed by atoms with Gasteiger partial charge in [0.05, 0.1) is 23.3 Å². The first-order valence-electron chi connectivity index (χ1n) is 47.9. The molecule has 9 heterocycles. The summed E-state index contributed by atoms with van der Waals surface area (Å²) in [5.41, 5.74) is 23.9. The predicted octanol–water partition coefficient (Wildman–Crippen LogP) is 20.8. The summed E-state index contributed by atoms with van der Waals surface area (Å²) in [5, 5.41) is 2.29. The molecule has 0 amide bonds. The van der Waals surface area contributed by atoms with Gasteiger partial charge in [-0.1, -0.05) is 248 Å². The number of aromatic nitrogens is 8. The van der Waals surface area contributed by atoms with Crippen LogP contribution in [0.4, 0.5) is 0 Å². The van der Waals surface area contributed by atoms with Crippen molar-refractivity contribution in [2.75, 3.05) is 0 Å². The van der Waals surface area contributed by atoms with Crippen molar-refractivity contribution in [1.29, 1.82) is 0 Å². The molecule has 8 bridgehead atoms. The molecular weight excluding hydrogens is 1850 g/mol. The number of nitrogens with zero attached hydrogens (tertiary/aromatic N) is 8. The van der Waals surface area contributed by atoms with Crippen LogP contribution in [0.1, 0.15) is 162 Å². The summed E-state index contributed by atoms with van der Waals surface area (Å²) in [6.45, 7) is 21.9. The zero-order chi connectivity index (χ0) is 98.4. The number of hydrogen-bond donors (Lipinski definition) is 0. The van der Waals surface area contributed by atoms with Crippen molar-refractivity contribution in [1.82, 2.24) is 39.9 Å². The molecule has 6 aliphatic rings. The van der Waals surface area contributed by atoms with Gasteiger partial charge >= 0.3 is 48.0 Å². The molecule has 0 fully saturated rings. The standard InChI is InChI=1S/C125H82B4N8O8.Zn/c1-77-11-13-78(14-12-77)15-37-88-47-61-95(62-48-88)126-138-107-69-99-100(70-108(107)139-126)116-130-115(99)131-117-101-71-109-111(142-127(140-109)96-63-49-89(50-64-96)38-31-82-22-16-79(17-23-82)28-34-85-41-55-92(56-42-85)123(2,3)4)73-103(101)119(133-117)135-121-105-75-113-114(145-129(144-113)98-67-53-91(54-68-98)40-33-84-26-20-81(21-27-84)30-36-87-45-59-94(60-46-87)125(8,9)10)76-106(105)122(137-121)136-120-104-74-112-110(72-102(104)118(132-116)134-120)141-128(143-112)97-65-51-90(52-66-97)39-32-83-24-18-80(19-25-83)29-35-86-43-57-93(58-44-86)124(5,6)7;/h11-14,16-27,41-76H,1-10H3;/q-2;+2. The van der Waals surface area contributed by atoms with Crippen LogP contribution in [0.25, 0.3) is 89.7 Å². The second-order valence-electron chi connectivity index (χ2n) is 39.5. The molecule has 3 aromatic heterocycles. The number of fused-ring (bicyclic) bond motifs is 24. The molecule has 0 N–H and O–H groups in total. The molecule has 24 rings (SSSR count). The van der Waals surface area contributed by atoms with Gasteiger partial charge in [-0.2, -0.15) is 0 Å². The van der Waals surface area contributed by atoms with E-state index in [1.807, 2.05) is 231 Å². The summed E-state index contributed by atoms with van der Waals surface area (Å²) in [7, 11) is -3.35. The molecule has 0 unspecified atom stereocenters. The number of hydrogen-bond acceptors (Lipinski definition) is 14. The van der Waals surface area contributed by atoms with Crippen LogP contribution in [0.15, 0.2) is 315 Å². The van der Waals surface area contributed by atoms with E-state index in [-0.39, 0.29) is 81.6 Å². The van der Waals surface area contributed by atoms with Gasteiger partial charge in [0.2, 0.25) is 0 Å². The van der Waals surface area contributed by atoms with Crippen LogP contribution in [0, 0.1) is 89.8 Å². The van der Waals surface area contributed by atoms with Crippen LogP contribution in [-0.2, 0) is 35.7 Å². The Labute approximate surface area is 860 Å². The van der Waals surface area contributed by atoms with Crippen LogP contribution < -0.4 is 69.1 Å². The van der Waals surface area contributed by atoms with E-state index < -0.39 is 28.5 Å². The van der Waals surface area contributed by atoms with Crippen LogP contribution in [-0.4, -0.2) is 58.4 Å². The summed E-state index contributed by atoms with van der Waals surface area (Å²) in [6, 6.07) is 104. The third-order valence-corrected chi connectivity index (χ3v) is 26.0. The van der Waals surface area contributed by atoms with Gasteiger partial charge in [0.15, 0.2) is 0 Å². The van der Waals surface area contributed by atoms with E-state index in [1.54, 1.807) is 0 Å². The Morgan fingerprint density at radius 1 is 0.199 bits per heavy atom. The topological polar surface area (TPSA) is 179 Å². The summed E-state index contributed by atoms with van der Waals surface area (Å²) < 4.78 is 54.1. The maximum Gasteiger partial charge on any atom is 2.00 e. The first kappa shape index (κ1) is 91.6. The fourth-order valence-corrected chi connectivity index (χ4v) is 17.6. The third-order valence-electron chi connectivity index (χ3n) is 26.0. The maximum absolute atomic E-state index is 6.78. The fourth-order valence-electron chi connectivity index (χ4n) is 17.6. The Morgan fingerprint density at radius 2 is 0.349 bits per heavy atom. The summed E-state index contributed by atoms with van der Waals surface area (Å²) >= 11 is 0. The van der Waals surface area contributed by atoms with Gasteiger partial charge in [-0.05, 0) is 280 Å². The average molecular weight is 1930 g/mol. The Kier molecular flexibility index (Phi) is 23.5. The molecule has 6 aliphatic heterocycles. The molecule has 146 heavy (non-hydrogen) atoms. The molecule has 18 aromatic rings. The summed E-state index contributed by atoms with van der Waals surface area (Å²) in [4.78, 5) is 43.1. The van der Waals surface area contributed by atoms with Gasteiger partial charge in [0.1, 0.15) is 46.0 Å². The van der Waals surface area contributed by atoms with Gasteiger partial charge in [0.25, 0.3) is 0 Å². The Morgan fingerprint density at radius 3 is 0.521 bits per heavy atom. The van der Waals surface area contributed by atoms with Crippen molar-refractivity contribution < 1.29 is 56.7 Å². The normalized spacial score (nSPS) is 12.4. The Bertz CT molecular complexity index is 8620. The minimum atomic E-state index is -0.843. The van der Waals surface area contributed by atoms with Crippen molar-refractivity contribution in [3.05, 3.63) is 416 Å². The van der Waals surface area contributed by atoms with E-state index in [4.69, 9.17) is 77.1 Å². The Hall–Kier alpha value is -18.1. The van der Waals surface area contributed by atoms with Gasteiger partial charge in [-0.25, -0.2) is 9.97 Å². The fraction of sp³-hybridized carbons (Fsp3) is 0.104. The smallest absolute Gasteiger partial charge is 0.519 e. The minimum absolute atomic E-state index is 0. The molecule has 0 spiro atoms. The second-order valence-corrected chi connectivity index (χ2v) is 39.5. The van der Waals surface area contributed by atoms with E-state index in [0.29, 0.717) is 89.8 Å². The van der Waals surface area contributed by atoms with Crippen molar-refractivity contribution in [3.8, 4) is 174 Å². The number of rotatable bonds is 4. The molecule has 0 saturated heterocycles. The quantitative estimate of drug-likeness (QED) is 0.120. The van der Waals surface area contributed by atoms with Crippen LogP contribution in [0.2, 0.25) is 0 Å². The summed E-state index contributed by atoms with van der Waals surface area (Å²) in [5.74, 6) is 51.0. The van der Waals surface area contributed by atoms with Crippen LogP contribution >= 0.6 is 0 Å². The van der Waals surface area contributed by atoms with E-state index in [0.717, 1.165) is 99.7 Å². The second kappa shape index (κ2) is 37.4. The van der Waals surface area contributed by atoms with Crippen molar-refractivity contribution >= 4 is 94.5 Å². The maximum atomic E-state index is 6.78. The van der Waals surface area contributed by atoms with Gasteiger partial charge in [-0.15, -0.1) is 0 Å². The largest absolute Gasteiger partial charge is 2.00 e. The van der Waals surface area contributed by atoms with Crippen molar-refractivity contribution in [2.45, 2.75) is 85.5 Å². The monoisotopic (exact) mass is 1930 g/mol. The minimum Gasteiger partial charge on any atom is -0.519 e. The molecule has 0 saturated carbocycles. The van der Waals surface area contributed by atoms with E-state index in [2.05, 4.69) is 237 Å². The van der Waals surface area contributed by atoms with E-state index >= 15 is 0 Å². The van der Waals surface area contributed by atoms with Gasteiger partial charge in [-0.3, -0.25) is 0 Å². The predicted molar refractivity (Wildman–Crippen MR) is 574 cm³/mol.